The van der Waals surface area contributed by atoms with Gasteiger partial charge in [-0.1, -0.05) is 48.9 Å². The van der Waals surface area contributed by atoms with Gasteiger partial charge in [0.1, 0.15) is 11.6 Å². The van der Waals surface area contributed by atoms with E-state index in [1.807, 2.05) is 0 Å². The zero-order chi connectivity index (χ0) is 25.6. The second kappa shape index (κ2) is 11.6. The minimum atomic E-state index is -4.24. The molecule has 0 aliphatic rings. The molecule has 1 amide bonds. The van der Waals surface area contributed by atoms with Crippen LogP contribution in [0.5, 0.6) is 0 Å². The number of benzene rings is 3. The summed E-state index contributed by atoms with van der Waals surface area (Å²) in [5.74, 6) is -2.67. The van der Waals surface area contributed by atoms with E-state index < -0.39 is 51.4 Å². The number of sulfone groups is 1. The fourth-order valence-corrected chi connectivity index (χ4v) is 5.74. The van der Waals surface area contributed by atoms with Crippen LogP contribution in [0.3, 0.4) is 0 Å². The van der Waals surface area contributed by atoms with Gasteiger partial charge in [-0.05, 0) is 48.0 Å². The number of amides is 1. The Kier molecular flexibility index (Phi) is 8.82. The molecule has 2 N–H and O–H groups in total. The Balaban J connectivity index is 1.77. The summed E-state index contributed by atoms with van der Waals surface area (Å²) in [4.78, 5) is 12.0. The zero-order valence-corrected chi connectivity index (χ0v) is 20.3. The molecule has 0 spiro atoms. The Labute approximate surface area is 207 Å². The number of aliphatic hydroxyl groups excluding tert-OH is 1. The van der Waals surface area contributed by atoms with Crippen molar-refractivity contribution in [2.75, 3.05) is 13.2 Å². The van der Waals surface area contributed by atoms with E-state index in [9.17, 15) is 27.1 Å². The van der Waals surface area contributed by atoms with Crippen LogP contribution < -0.4 is 5.32 Å². The van der Waals surface area contributed by atoms with Crippen LogP contribution in [0.1, 0.15) is 29.4 Å². The molecule has 35 heavy (non-hydrogen) atoms. The number of aliphatic hydroxyl groups is 1. The van der Waals surface area contributed by atoms with Gasteiger partial charge in [0.2, 0.25) is 0 Å². The molecule has 0 aromatic heterocycles. The van der Waals surface area contributed by atoms with Crippen molar-refractivity contribution in [1.82, 2.24) is 5.32 Å². The molecule has 0 aliphatic heterocycles. The van der Waals surface area contributed by atoms with Crippen molar-refractivity contribution in [2.24, 2.45) is 5.92 Å². The number of alkyl carbamates (subject to hydrolysis) is 1. The van der Waals surface area contributed by atoms with Crippen LogP contribution in [0.4, 0.5) is 13.6 Å². The van der Waals surface area contributed by atoms with Gasteiger partial charge < -0.3 is 15.2 Å². The summed E-state index contributed by atoms with van der Waals surface area (Å²) in [6, 6.07) is 16.5. The predicted octanol–water partition coefficient (Wildman–Crippen LogP) is 5.23. The molecule has 0 heterocycles. The average molecular weight is 524 g/mol. The van der Waals surface area contributed by atoms with Crippen molar-refractivity contribution in [3.05, 3.63) is 101 Å². The van der Waals surface area contributed by atoms with Gasteiger partial charge in [0.05, 0.1) is 29.4 Å². The van der Waals surface area contributed by atoms with Crippen LogP contribution >= 0.6 is 11.6 Å². The van der Waals surface area contributed by atoms with Crippen LogP contribution in [0, 0.1) is 17.6 Å². The van der Waals surface area contributed by atoms with E-state index in [0.29, 0.717) is 10.6 Å². The van der Waals surface area contributed by atoms with Gasteiger partial charge in [0.15, 0.2) is 9.84 Å². The van der Waals surface area contributed by atoms with Crippen LogP contribution in [-0.4, -0.2) is 32.8 Å². The summed E-state index contributed by atoms with van der Waals surface area (Å²) in [5.41, 5.74) is 0.216. The molecule has 0 bridgehead atoms. The summed E-state index contributed by atoms with van der Waals surface area (Å²) < 4.78 is 60.6. The smallest absolute Gasteiger partial charge is 0.407 e. The topological polar surface area (TPSA) is 92.7 Å². The van der Waals surface area contributed by atoms with Crippen LogP contribution in [0.25, 0.3) is 0 Å². The number of ether oxygens (including phenoxy) is 1. The highest BCUT2D eigenvalue weighted by molar-refractivity contribution is 7.91. The standard InChI is InChI=1S/C25H24ClF2NO5S/c1-16(15-34-25(31)29-14-23(30)17-5-3-2-4-6-17)24(21-13-19(27)9-12-22(21)28)35(32,33)20-10-7-18(26)8-11-20/h2-13,16,23-24,30H,14-15H2,1H3,(H,29,31)/t16-,23?,24+/m1/s1. The molecule has 3 aromatic carbocycles. The lowest BCUT2D eigenvalue weighted by molar-refractivity contribution is 0.117. The maximum absolute atomic E-state index is 14.7. The van der Waals surface area contributed by atoms with Crippen LogP contribution in [-0.2, 0) is 14.6 Å². The fourth-order valence-electron chi connectivity index (χ4n) is 3.60. The zero-order valence-electron chi connectivity index (χ0n) is 18.7. The lowest BCUT2D eigenvalue weighted by atomic mass is 10.0. The Bertz CT molecular complexity index is 1260. The molecule has 186 valence electrons. The first kappa shape index (κ1) is 26.6. The van der Waals surface area contributed by atoms with Crippen molar-refractivity contribution < 1.29 is 31.8 Å². The average Bonchev–Trinajstić information content (AvgIpc) is 2.84. The third kappa shape index (κ3) is 6.78. The van der Waals surface area contributed by atoms with Crippen molar-refractivity contribution in [1.29, 1.82) is 0 Å². The third-order valence-electron chi connectivity index (χ3n) is 5.36. The van der Waals surface area contributed by atoms with Crippen LogP contribution in [0.15, 0.2) is 77.7 Å². The largest absolute Gasteiger partial charge is 0.449 e. The highest BCUT2D eigenvalue weighted by Crippen LogP contribution is 2.37. The fraction of sp³-hybridized carbons (Fsp3) is 0.240. The molecule has 0 aliphatic carbocycles. The second-order valence-corrected chi connectivity index (χ2v) is 10.5. The first-order chi connectivity index (χ1) is 16.6. The number of rotatable bonds is 9. The third-order valence-corrected chi connectivity index (χ3v) is 7.93. The van der Waals surface area contributed by atoms with Gasteiger partial charge in [-0.15, -0.1) is 0 Å². The first-order valence-electron chi connectivity index (χ1n) is 10.7. The minimum absolute atomic E-state index is 0.137. The number of carbonyl (C=O) groups excluding carboxylic acids is 1. The van der Waals surface area contributed by atoms with E-state index in [4.69, 9.17) is 16.3 Å². The minimum Gasteiger partial charge on any atom is -0.449 e. The first-order valence-corrected chi connectivity index (χ1v) is 12.6. The molecule has 6 nitrogen and oxygen atoms in total. The normalized spacial score (nSPS) is 14.1. The van der Waals surface area contributed by atoms with Gasteiger partial charge in [0.25, 0.3) is 0 Å². The van der Waals surface area contributed by atoms with Gasteiger partial charge in [-0.25, -0.2) is 22.0 Å². The second-order valence-electron chi connectivity index (χ2n) is 7.97. The summed E-state index contributed by atoms with van der Waals surface area (Å²) in [7, 11) is -4.24. The van der Waals surface area contributed by atoms with E-state index in [-0.39, 0.29) is 17.0 Å². The maximum Gasteiger partial charge on any atom is 0.407 e. The molecule has 0 fully saturated rings. The quantitative estimate of drug-likeness (QED) is 0.401. The molecular formula is C25H24ClF2NO5S. The Hall–Kier alpha value is -3.01. The summed E-state index contributed by atoms with van der Waals surface area (Å²) >= 11 is 5.86. The highest BCUT2D eigenvalue weighted by atomic mass is 35.5. The van der Waals surface area contributed by atoms with Gasteiger partial charge in [-0.2, -0.15) is 0 Å². The Morgan fingerprint density at radius 2 is 1.71 bits per heavy atom. The number of halogens is 3. The Morgan fingerprint density at radius 3 is 2.37 bits per heavy atom. The summed E-state index contributed by atoms with van der Waals surface area (Å²) in [6.07, 6.45) is -1.87. The molecule has 3 rings (SSSR count). The molecule has 3 aromatic rings. The lowest BCUT2D eigenvalue weighted by Crippen LogP contribution is -2.32. The maximum atomic E-state index is 14.7. The van der Waals surface area contributed by atoms with Gasteiger partial charge in [-0.3, -0.25) is 0 Å². The van der Waals surface area contributed by atoms with Crippen molar-refractivity contribution >= 4 is 27.5 Å². The number of nitrogens with one attached hydrogen (secondary N) is 1. The number of carbonyl (C=O) groups is 1. The molecular weight excluding hydrogens is 500 g/mol. The van der Waals surface area contributed by atoms with E-state index in [1.54, 1.807) is 30.3 Å². The lowest BCUT2D eigenvalue weighted by Gasteiger charge is -2.25. The number of hydrogen-bond acceptors (Lipinski definition) is 5. The molecule has 0 saturated carbocycles. The van der Waals surface area contributed by atoms with Crippen LogP contribution in [0.2, 0.25) is 5.02 Å². The van der Waals surface area contributed by atoms with E-state index in [1.165, 1.54) is 31.2 Å². The van der Waals surface area contributed by atoms with Crippen molar-refractivity contribution in [3.8, 4) is 0 Å². The van der Waals surface area contributed by atoms with E-state index >= 15 is 0 Å². The molecule has 1 unspecified atom stereocenters. The summed E-state index contributed by atoms with van der Waals surface area (Å²) in [6.45, 7) is 0.900. The molecule has 0 saturated heterocycles. The SMILES string of the molecule is C[C@H](COC(=O)NCC(O)c1ccccc1)[C@@H](c1cc(F)ccc1F)S(=O)(=O)c1ccc(Cl)cc1. The molecule has 0 radical (unpaired) electrons. The van der Waals surface area contributed by atoms with E-state index in [0.717, 1.165) is 18.2 Å². The molecule has 3 atom stereocenters. The van der Waals surface area contributed by atoms with Gasteiger partial charge in [0, 0.05) is 16.5 Å². The summed E-state index contributed by atoms with van der Waals surface area (Å²) in [5, 5.41) is 11.3. The van der Waals surface area contributed by atoms with Crippen molar-refractivity contribution in [2.45, 2.75) is 23.2 Å². The highest BCUT2D eigenvalue weighted by Gasteiger charge is 2.37. The molecule has 10 heteroatoms. The van der Waals surface area contributed by atoms with Crippen molar-refractivity contribution in [3.63, 3.8) is 0 Å². The predicted molar refractivity (Wildman–Crippen MR) is 128 cm³/mol. The van der Waals surface area contributed by atoms with E-state index in [2.05, 4.69) is 5.32 Å². The monoisotopic (exact) mass is 523 g/mol. The number of hydrogen-bond donors (Lipinski definition) is 2. The Morgan fingerprint density at radius 1 is 1.06 bits per heavy atom. The van der Waals surface area contributed by atoms with Gasteiger partial charge >= 0.3 is 6.09 Å².